The number of hydrogen-bond acceptors (Lipinski definition) is 8. The number of nitrogens with one attached hydrogen (secondary N) is 1. The number of carbonyl (C=O) groups is 1. The van der Waals surface area contributed by atoms with Crippen molar-refractivity contribution in [1.29, 1.82) is 0 Å². The van der Waals surface area contributed by atoms with Gasteiger partial charge in [0.2, 0.25) is 5.91 Å². The number of fused-ring (bicyclic) bond motifs is 1. The summed E-state index contributed by atoms with van der Waals surface area (Å²) in [6, 6.07) is 5.70. The van der Waals surface area contributed by atoms with Crippen LogP contribution >= 0.6 is 0 Å². The number of aromatic nitrogens is 3. The molecule has 1 atom stereocenters. The van der Waals surface area contributed by atoms with E-state index in [1.54, 1.807) is 18.9 Å². The number of ether oxygens (including phenoxy) is 1. The lowest BCUT2D eigenvalue weighted by molar-refractivity contribution is -0.140. The molecular formula is C33H43F3N6O3. The molecule has 2 fully saturated rings. The van der Waals surface area contributed by atoms with Crippen LogP contribution < -0.4 is 5.32 Å². The smallest absolute Gasteiger partial charge is 0.278 e. The number of aliphatic hydroxyl groups is 1. The summed E-state index contributed by atoms with van der Waals surface area (Å²) in [5.74, 6) is -5.08. The molecule has 9 nitrogen and oxygen atoms in total. The van der Waals surface area contributed by atoms with Gasteiger partial charge >= 0.3 is 0 Å². The summed E-state index contributed by atoms with van der Waals surface area (Å²) in [4.78, 5) is 29.3. The van der Waals surface area contributed by atoms with Crippen molar-refractivity contribution in [3.8, 4) is 0 Å². The number of halogens is 3. The molecule has 0 spiro atoms. The fourth-order valence-electron chi connectivity index (χ4n) is 6.88. The van der Waals surface area contributed by atoms with E-state index in [1.165, 1.54) is 24.5 Å². The highest BCUT2D eigenvalue weighted by Gasteiger charge is 2.45. The summed E-state index contributed by atoms with van der Waals surface area (Å²) in [6.07, 6.45) is 2.98. The van der Waals surface area contributed by atoms with Crippen LogP contribution in [0.25, 0.3) is 11.0 Å². The molecule has 1 aromatic carbocycles. The van der Waals surface area contributed by atoms with Crippen molar-refractivity contribution in [1.82, 2.24) is 24.8 Å². The summed E-state index contributed by atoms with van der Waals surface area (Å²) in [5.41, 5.74) is 0.770. The van der Waals surface area contributed by atoms with Gasteiger partial charge in [0.1, 0.15) is 24.6 Å². The molecule has 0 radical (unpaired) electrons. The molecule has 4 heterocycles. The van der Waals surface area contributed by atoms with Gasteiger partial charge in [-0.15, -0.1) is 0 Å². The number of rotatable bonds is 9. The summed E-state index contributed by atoms with van der Waals surface area (Å²) >= 11 is 0. The highest BCUT2D eigenvalue weighted by molar-refractivity contribution is 5.87. The zero-order valence-corrected chi connectivity index (χ0v) is 26.6. The van der Waals surface area contributed by atoms with E-state index in [9.17, 15) is 9.90 Å². The average Bonchev–Trinajstić information content (AvgIpc) is 3.04. The Hall–Kier alpha value is -3.35. The zero-order valence-electron chi connectivity index (χ0n) is 26.6. The maximum absolute atomic E-state index is 15.9. The van der Waals surface area contributed by atoms with Gasteiger partial charge in [0.05, 0.1) is 22.6 Å². The highest BCUT2D eigenvalue weighted by atomic mass is 19.3. The Kier molecular flexibility index (Phi) is 9.67. The van der Waals surface area contributed by atoms with Gasteiger partial charge in [-0.25, -0.2) is 28.1 Å². The standard InChI is InChI=1S/C33H43F3N6O3/c1-20(2)41-13-9-23(10-14-41)33(35,36)26-8-6-7-24(29(26)34)21(3)39-30-25-17-27(22(4)40-31(25)38-19-37-30)32(45-5)11-15-42(16-12-32)28(44)18-43/h6-8,17,19-21,23,43H,9-16,18H2,1-5H3,(H,37,38,39,40)/t21-/m1/s1. The number of aryl methyl sites for hydroxylation is 1. The van der Waals surface area contributed by atoms with Crippen LogP contribution in [0.2, 0.25) is 0 Å². The lowest BCUT2D eigenvalue weighted by atomic mass is 9.82. The molecule has 0 saturated carbocycles. The minimum Gasteiger partial charge on any atom is -0.387 e. The third-order valence-electron chi connectivity index (χ3n) is 9.74. The number of nitrogens with zero attached hydrogens (tertiary/aromatic N) is 5. The number of methoxy groups -OCH3 is 1. The zero-order chi connectivity index (χ0) is 32.5. The van der Waals surface area contributed by atoms with Crippen LogP contribution in [0.1, 0.15) is 74.9 Å². The summed E-state index contributed by atoms with van der Waals surface area (Å²) < 4.78 is 53.5. The van der Waals surface area contributed by atoms with Crippen molar-refractivity contribution in [3.05, 3.63) is 58.8 Å². The van der Waals surface area contributed by atoms with Crippen LogP contribution in [-0.4, -0.2) is 81.7 Å². The molecule has 0 aliphatic carbocycles. The first-order chi connectivity index (χ1) is 21.4. The molecule has 45 heavy (non-hydrogen) atoms. The number of pyridine rings is 1. The molecule has 2 aromatic heterocycles. The Morgan fingerprint density at radius 1 is 1.16 bits per heavy atom. The Bertz CT molecular complexity index is 1520. The van der Waals surface area contributed by atoms with E-state index in [-0.39, 0.29) is 17.5 Å². The minimum atomic E-state index is -3.30. The second-order valence-corrected chi connectivity index (χ2v) is 12.6. The largest absolute Gasteiger partial charge is 0.387 e. The predicted molar refractivity (Wildman–Crippen MR) is 165 cm³/mol. The van der Waals surface area contributed by atoms with E-state index in [0.29, 0.717) is 74.4 Å². The third-order valence-corrected chi connectivity index (χ3v) is 9.74. The maximum atomic E-state index is 15.9. The number of anilines is 1. The van der Waals surface area contributed by atoms with Crippen LogP contribution in [0.3, 0.4) is 0 Å². The average molecular weight is 629 g/mol. The normalized spacial score (nSPS) is 18.8. The summed E-state index contributed by atoms with van der Waals surface area (Å²) in [5, 5.41) is 13.1. The first-order valence-corrected chi connectivity index (χ1v) is 15.7. The van der Waals surface area contributed by atoms with Gasteiger partial charge in [0, 0.05) is 49.0 Å². The van der Waals surface area contributed by atoms with Gasteiger partial charge in [-0.2, -0.15) is 0 Å². The Balaban J connectivity index is 1.42. The number of benzene rings is 1. The summed E-state index contributed by atoms with van der Waals surface area (Å²) in [6.45, 7) is 9.10. The molecule has 2 aliphatic heterocycles. The van der Waals surface area contributed by atoms with E-state index < -0.39 is 41.5 Å². The van der Waals surface area contributed by atoms with Crippen LogP contribution in [0.4, 0.5) is 19.0 Å². The lowest BCUT2D eigenvalue weighted by Crippen LogP contribution is -2.47. The third kappa shape index (κ3) is 6.37. The fraction of sp³-hybridized carbons (Fsp3) is 0.576. The molecule has 2 N–H and O–H groups in total. The second kappa shape index (κ2) is 13.2. The molecule has 2 aliphatic rings. The first-order valence-electron chi connectivity index (χ1n) is 15.7. The van der Waals surface area contributed by atoms with E-state index >= 15 is 13.2 Å². The van der Waals surface area contributed by atoms with E-state index in [0.717, 1.165) is 5.56 Å². The SMILES string of the molecule is COC1(c2cc3c(N[C@H](C)c4cccc(C(F)(F)C5CCN(C(C)C)CC5)c4F)ncnc3nc2C)CCN(C(=O)CO)CC1. The molecule has 3 aromatic rings. The van der Waals surface area contributed by atoms with Crippen molar-refractivity contribution in [2.24, 2.45) is 5.92 Å². The van der Waals surface area contributed by atoms with Crippen molar-refractivity contribution >= 4 is 22.8 Å². The number of amides is 1. The van der Waals surface area contributed by atoms with E-state index in [4.69, 9.17) is 9.72 Å². The molecule has 2 saturated heterocycles. The number of aliphatic hydroxyl groups excluding tert-OH is 1. The minimum absolute atomic E-state index is 0.119. The van der Waals surface area contributed by atoms with E-state index in [1.807, 2.05) is 13.0 Å². The molecule has 0 unspecified atom stereocenters. The number of likely N-dealkylation sites (tertiary alicyclic amines) is 2. The molecule has 12 heteroatoms. The quantitative estimate of drug-likeness (QED) is 0.329. The van der Waals surface area contributed by atoms with Crippen LogP contribution in [0.15, 0.2) is 30.6 Å². The number of hydrogen-bond donors (Lipinski definition) is 2. The maximum Gasteiger partial charge on any atom is 0.278 e. The van der Waals surface area contributed by atoms with Crippen molar-refractivity contribution < 1.29 is 27.8 Å². The molecule has 244 valence electrons. The number of carbonyl (C=O) groups excluding carboxylic acids is 1. The molecule has 0 bridgehead atoms. The van der Waals surface area contributed by atoms with Crippen molar-refractivity contribution in [2.45, 2.75) is 77.0 Å². The Morgan fingerprint density at radius 2 is 1.84 bits per heavy atom. The van der Waals surface area contributed by atoms with Gasteiger partial charge in [-0.3, -0.25) is 4.79 Å². The molecule has 1 amide bonds. The second-order valence-electron chi connectivity index (χ2n) is 12.6. The highest BCUT2D eigenvalue weighted by Crippen LogP contribution is 2.44. The van der Waals surface area contributed by atoms with Gasteiger partial charge in [-0.1, -0.05) is 18.2 Å². The number of piperidine rings is 2. The van der Waals surface area contributed by atoms with Gasteiger partial charge in [0.15, 0.2) is 5.65 Å². The van der Waals surface area contributed by atoms with Crippen LogP contribution in [-0.2, 0) is 21.1 Å². The predicted octanol–water partition coefficient (Wildman–Crippen LogP) is 5.31. The van der Waals surface area contributed by atoms with Gasteiger partial charge in [0.25, 0.3) is 5.92 Å². The van der Waals surface area contributed by atoms with Crippen molar-refractivity contribution in [3.63, 3.8) is 0 Å². The van der Waals surface area contributed by atoms with E-state index in [2.05, 4.69) is 34.0 Å². The fourth-order valence-corrected chi connectivity index (χ4v) is 6.88. The lowest BCUT2D eigenvalue weighted by Gasteiger charge is -2.41. The first kappa shape index (κ1) is 33.0. The topological polar surface area (TPSA) is 104 Å². The molecule has 5 rings (SSSR count). The number of alkyl halides is 2. The Morgan fingerprint density at radius 3 is 2.47 bits per heavy atom. The van der Waals surface area contributed by atoms with Crippen molar-refractivity contribution in [2.75, 3.05) is 45.2 Å². The van der Waals surface area contributed by atoms with Gasteiger partial charge < -0.3 is 25.0 Å². The van der Waals surface area contributed by atoms with Gasteiger partial charge in [-0.05, 0) is 72.5 Å². The monoisotopic (exact) mass is 628 g/mol. The summed E-state index contributed by atoms with van der Waals surface area (Å²) in [7, 11) is 1.62. The molecular weight excluding hydrogens is 585 g/mol. The van der Waals surface area contributed by atoms with Crippen LogP contribution in [0, 0.1) is 18.7 Å². The Labute approximate surface area is 262 Å². The van der Waals surface area contributed by atoms with Crippen LogP contribution in [0.5, 0.6) is 0 Å².